The Kier molecular flexibility index (Phi) is 6.18. The van der Waals surface area contributed by atoms with E-state index in [0.717, 1.165) is 0 Å². The zero-order chi connectivity index (χ0) is 21.9. The molecule has 1 aliphatic heterocycles. The van der Waals surface area contributed by atoms with Gasteiger partial charge in [0.2, 0.25) is 0 Å². The van der Waals surface area contributed by atoms with Crippen molar-refractivity contribution in [3.8, 4) is 11.5 Å². The summed E-state index contributed by atoms with van der Waals surface area (Å²) in [5.74, 6) is -2.42. The van der Waals surface area contributed by atoms with Gasteiger partial charge in [0, 0.05) is 0 Å². The van der Waals surface area contributed by atoms with Crippen molar-refractivity contribution in [1.29, 1.82) is 0 Å². The van der Waals surface area contributed by atoms with Gasteiger partial charge in [-0.15, -0.1) is 0 Å². The van der Waals surface area contributed by atoms with Gasteiger partial charge in [0.1, 0.15) is 17.4 Å². The molecule has 6 nitrogen and oxygen atoms in total. The molecule has 2 aromatic rings. The molecule has 3 atom stereocenters. The number of esters is 1. The highest BCUT2D eigenvalue weighted by atomic mass is 32.1. The summed E-state index contributed by atoms with van der Waals surface area (Å²) in [5, 5.41) is 14.5. The summed E-state index contributed by atoms with van der Waals surface area (Å²) in [5.41, 5.74) is -3.35. The number of carbonyl (C=O) groups excluding carboxylic acids is 1. The fourth-order valence-electron chi connectivity index (χ4n) is 3.21. The summed E-state index contributed by atoms with van der Waals surface area (Å²) in [4.78, 5) is 12.5. The molecule has 0 aromatic heterocycles. The zero-order valence-electron chi connectivity index (χ0n) is 15.8. The fraction of sp³-hybridized carbons (Fsp3) is 0.300. The molecule has 1 aliphatic rings. The highest BCUT2D eigenvalue weighted by Gasteiger charge is 2.66. The lowest BCUT2D eigenvalue weighted by atomic mass is 9.82. The van der Waals surface area contributed by atoms with E-state index in [1.807, 2.05) is 6.07 Å². The van der Waals surface area contributed by atoms with Crippen LogP contribution in [0.1, 0.15) is 18.5 Å². The normalized spacial score (nSPS) is 23.8. The molecule has 0 aliphatic carbocycles. The van der Waals surface area contributed by atoms with Gasteiger partial charge in [-0.2, -0.15) is 13.2 Å². The predicted molar refractivity (Wildman–Crippen MR) is 106 cm³/mol. The van der Waals surface area contributed by atoms with Gasteiger partial charge in [-0.1, -0.05) is 30.3 Å². The van der Waals surface area contributed by atoms with Crippen LogP contribution in [0.5, 0.6) is 11.5 Å². The van der Waals surface area contributed by atoms with Gasteiger partial charge in [0.05, 0.1) is 12.6 Å². The summed E-state index contributed by atoms with van der Waals surface area (Å²) in [6.45, 7) is 1.31. The number of rotatable bonds is 5. The quantitative estimate of drug-likeness (QED) is 0.486. The third-order valence-electron chi connectivity index (χ3n) is 4.54. The van der Waals surface area contributed by atoms with Crippen molar-refractivity contribution in [2.45, 2.75) is 24.9 Å². The van der Waals surface area contributed by atoms with Gasteiger partial charge in [-0.3, -0.25) is 4.79 Å². The van der Waals surface area contributed by atoms with Crippen molar-refractivity contribution >= 4 is 23.3 Å². The molecule has 1 heterocycles. The highest BCUT2D eigenvalue weighted by Crippen LogP contribution is 2.43. The molecule has 0 radical (unpaired) electrons. The van der Waals surface area contributed by atoms with Gasteiger partial charge in [-0.25, -0.2) is 0 Å². The Bertz CT molecular complexity index is 926. The monoisotopic (exact) mass is 440 g/mol. The standard InChI is InChI=1S/C20H19F3N2O4S/c1-2-28-17(26)15-16(24-18(30)25-19(15,27)20(21,22)23)12-7-6-10-14(11-12)29-13-8-4-3-5-9-13/h3-11,15-16,27H,2H2,1H3,(H2,24,25,30)/t15-,16-,19-/m0/s1. The van der Waals surface area contributed by atoms with E-state index in [9.17, 15) is 23.1 Å². The molecule has 0 saturated carbocycles. The van der Waals surface area contributed by atoms with E-state index in [0.29, 0.717) is 11.5 Å². The number of aliphatic hydroxyl groups is 1. The summed E-state index contributed by atoms with van der Waals surface area (Å²) >= 11 is 4.88. The number of nitrogens with one attached hydrogen (secondary N) is 2. The summed E-state index contributed by atoms with van der Waals surface area (Å²) < 4.78 is 51.9. The lowest BCUT2D eigenvalue weighted by Gasteiger charge is -2.45. The largest absolute Gasteiger partial charge is 0.466 e. The van der Waals surface area contributed by atoms with Crippen LogP contribution in [0.3, 0.4) is 0 Å². The molecule has 1 saturated heterocycles. The Morgan fingerprint density at radius 3 is 2.47 bits per heavy atom. The minimum absolute atomic E-state index is 0.155. The molecule has 3 rings (SSSR count). The van der Waals surface area contributed by atoms with Crippen molar-refractivity contribution in [3.05, 3.63) is 60.2 Å². The lowest BCUT2D eigenvalue weighted by Crippen LogP contribution is -2.73. The van der Waals surface area contributed by atoms with Crippen LogP contribution in [0, 0.1) is 5.92 Å². The number of ether oxygens (including phenoxy) is 2. The second kappa shape index (κ2) is 8.49. The summed E-state index contributed by atoms with van der Waals surface area (Å²) in [6, 6.07) is 13.6. The van der Waals surface area contributed by atoms with Crippen LogP contribution in [0.2, 0.25) is 0 Å². The van der Waals surface area contributed by atoms with E-state index < -0.39 is 34.9 Å². The number of carbonyl (C=O) groups is 1. The molecule has 0 unspecified atom stereocenters. The minimum atomic E-state index is -5.20. The average Bonchev–Trinajstić information content (AvgIpc) is 2.67. The second-order valence-electron chi connectivity index (χ2n) is 6.56. The van der Waals surface area contributed by atoms with Crippen molar-refractivity contribution in [1.82, 2.24) is 10.6 Å². The van der Waals surface area contributed by atoms with Crippen LogP contribution in [0.15, 0.2) is 54.6 Å². The molecule has 3 N–H and O–H groups in total. The maximum atomic E-state index is 13.8. The van der Waals surface area contributed by atoms with Gasteiger partial charge < -0.3 is 25.2 Å². The minimum Gasteiger partial charge on any atom is -0.466 e. The average molecular weight is 440 g/mol. The zero-order valence-corrected chi connectivity index (χ0v) is 16.6. The number of hydrogen-bond acceptors (Lipinski definition) is 5. The summed E-state index contributed by atoms with van der Waals surface area (Å²) in [6.07, 6.45) is -5.20. The predicted octanol–water partition coefficient (Wildman–Crippen LogP) is 3.43. The van der Waals surface area contributed by atoms with E-state index in [4.69, 9.17) is 21.7 Å². The van der Waals surface area contributed by atoms with Crippen LogP contribution in [-0.4, -0.2) is 34.7 Å². The Morgan fingerprint density at radius 2 is 1.83 bits per heavy atom. The van der Waals surface area contributed by atoms with Crippen molar-refractivity contribution < 1.29 is 32.5 Å². The first-order chi connectivity index (χ1) is 14.2. The van der Waals surface area contributed by atoms with Crippen LogP contribution >= 0.6 is 12.2 Å². The molecule has 160 valence electrons. The highest BCUT2D eigenvalue weighted by molar-refractivity contribution is 7.80. The molecular weight excluding hydrogens is 421 g/mol. The number of para-hydroxylation sites is 1. The first-order valence-corrected chi connectivity index (χ1v) is 9.44. The Hall–Kier alpha value is -2.85. The third-order valence-corrected chi connectivity index (χ3v) is 4.76. The summed E-state index contributed by atoms with van der Waals surface area (Å²) in [7, 11) is 0. The first kappa shape index (κ1) is 21.8. The molecule has 0 amide bonds. The van der Waals surface area contributed by atoms with E-state index in [1.165, 1.54) is 19.1 Å². The fourth-order valence-corrected chi connectivity index (χ4v) is 3.49. The molecular formula is C20H19F3N2O4S. The number of benzene rings is 2. The van der Waals surface area contributed by atoms with Gasteiger partial charge in [-0.05, 0) is 49.0 Å². The van der Waals surface area contributed by atoms with Crippen LogP contribution in [-0.2, 0) is 9.53 Å². The second-order valence-corrected chi connectivity index (χ2v) is 6.97. The number of hydrogen-bond donors (Lipinski definition) is 3. The Labute approximate surface area is 176 Å². The number of thiocarbonyl (C=S) groups is 1. The SMILES string of the molecule is CCOC(=O)[C@@H]1[C@H](c2cccc(Oc3ccccc3)c2)NC(=S)N[C@@]1(O)C(F)(F)F. The Morgan fingerprint density at radius 1 is 1.17 bits per heavy atom. The molecule has 0 bridgehead atoms. The van der Waals surface area contributed by atoms with E-state index in [1.54, 1.807) is 41.7 Å². The number of alkyl halides is 3. The molecule has 1 fully saturated rings. The molecule has 2 aromatic carbocycles. The van der Waals surface area contributed by atoms with Gasteiger partial charge >= 0.3 is 12.1 Å². The van der Waals surface area contributed by atoms with Crippen LogP contribution in [0.25, 0.3) is 0 Å². The molecule has 10 heteroatoms. The molecule has 30 heavy (non-hydrogen) atoms. The molecule has 0 spiro atoms. The van der Waals surface area contributed by atoms with Gasteiger partial charge in [0.15, 0.2) is 5.11 Å². The van der Waals surface area contributed by atoms with Crippen molar-refractivity contribution in [2.24, 2.45) is 5.92 Å². The van der Waals surface area contributed by atoms with Gasteiger partial charge in [0.25, 0.3) is 5.72 Å². The Balaban J connectivity index is 2.02. The topological polar surface area (TPSA) is 79.8 Å². The van der Waals surface area contributed by atoms with E-state index in [2.05, 4.69) is 5.32 Å². The maximum absolute atomic E-state index is 13.8. The van der Waals surface area contributed by atoms with Crippen LogP contribution in [0.4, 0.5) is 13.2 Å². The van der Waals surface area contributed by atoms with Crippen molar-refractivity contribution in [2.75, 3.05) is 6.61 Å². The lowest BCUT2D eigenvalue weighted by molar-refractivity contribution is -0.292. The first-order valence-electron chi connectivity index (χ1n) is 9.03. The number of halogens is 3. The third kappa shape index (κ3) is 4.34. The van der Waals surface area contributed by atoms with E-state index >= 15 is 0 Å². The smallest absolute Gasteiger partial charge is 0.437 e. The van der Waals surface area contributed by atoms with E-state index in [-0.39, 0.29) is 12.2 Å². The van der Waals surface area contributed by atoms with Crippen LogP contribution < -0.4 is 15.4 Å². The van der Waals surface area contributed by atoms with Crippen molar-refractivity contribution in [3.63, 3.8) is 0 Å². The maximum Gasteiger partial charge on any atom is 0.437 e.